The van der Waals surface area contributed by atoms with Crippen LogP contribution in [0.5, 0.6) is 0 Å². The molecule has 0 amide bonds. The highest BCUT2D eigenvalue weighted by Crippen LogP contribution is 2.37. The quantitative estimate of drug-likeness (QED) is 0.329. The summed E-state index contributed by atoms with van der Waals surface area (Å²) in [6.07, 6.45) is 6.77. The van der Waals surface area contributed by atoms with Crippen molar-refractivity contribution in [2.45, 2.75) is 50.5 Å². The number of aryl methyl sites for hydroxylation is 1. The van der Waals surface area contributed by atoms with Crippen LogP contribution in [0.15, 0.2) is 54.6 Å². The van der Waals surface area contributed by atoms with E-state index in [0.29, 0.717) is 6.61 Å². The van der Waals surface area contributed by atoms with E-state index in [1.54, 1.807) is 0 Å². The molecule has 1 unspecified atom stereocenters. The molecule has 0 spiro atoms. The van der Waals surface area contributed by atoms with Crippen molar-refractivity contribution < 1.29 is 18.7 Å². The standard InChI is InChI=1S/C24H32NO4P/c26-30(27)29-17-7-16-25-18-22-13-11-21(12-14-22)8-3-2-6-15-24(19-28-20-24)23-9-4-1-5-10-23/h1,4-5,9-14,25H,2-3,6-8,15-20H2/p+1. The SMILES string of the molecule is O=[P+](O)OCCCNCc1ccc(CCCCCC2(c3ccccc3)COC2)cc1. The molecule has 2 N–H and O–H groups in total. The average Bonchev–Trinajstić information content (AvgIpc) is 2.73. The van der Waals surface area contributed by atoms with E-state index < -0.39 is 8.25 Å². The van der Waals surface area contributed by atoms with Gasteiger partial charge in [0.25, 0.3) is 0 Å². The molecule has 0 radical (unpaired) electrons. The molecule has 1 saturated heterocycles. The topological polar surface area (TPSA) is 67.8 Å². The lowest BCUT2D eigenvalue weighted by Crippen LogP contribution is -2.46. The molecule has 1 fully saturated rings. The minimum atomic E-state index is -2.48. The Labute approximate surface area is 180 Å². The van der Waals surface area contributed by atoms with Crippen molar-refractivity contribution in [1.29, 1.82) is 0 Å². The summed E-state index contributed by atoms with van der Waals surface area (Å²) in [6, 6.07) is 19.6. The van der Waals surface area contributed by atoms with E-state index in [1.807, 2.05) is 0 Å². The number of hydrogen-bond donors (Lipinski definition) is 2. The first-order valence-corrected chi connectivity index (χ1v) is 12.0. The fourth-order valence-electron chi connectivity index (χ4n) is 3.96. The number of benzene rings is 2. The molecule has 1 aliphatic rings. The maximum Gasteiger partial charge on any atom is 0.694 e. The summed E-state index contributed by atoms with van der Waals surface area (Å²) in [4.78, 5) is 8.56. The van der Waals surface area contributed by atoms with Crippen LogP contribution in [0.1, 0.15) is 48.8 Å². The van der Waals surface area contributed by atoms with Gasteiger partial charge in [0, 0.05) is 16.5 Å². The maximum absolute atomic E-state index is 10.4. The van der Waals surface area contributed by atoms with E-state index in [1.165, 1.54) is 42.4 Å². The molecule has 1 atom stereocenters. The molecule has 30 heavy (non-hydrogen) atoms. The van der Waals surface area contributed by atoms with Crippen molar-refractivity contribution in [2.75, 3.05) is 26.4 Å². The molecule has 162 valence electrons. The van der Waals surface area contributed by atoms with E-state index in [9.17, 15) is 4.57 Å². The van der Waals surface area contributed by atoms with Gasteiger partial charge in [-0.2, -0.15) is 0 Å². The molecule has 1 aliphatic heterocycles. The molecule has 6 heteroatoms. The highest BCUT2D eigenvalue weighted by Gasteiger charge is 2.39. The lowest BCUT2D eigenvalue weighted by molar-refractivity contribution is -0.0654. The van der Waals surface area contributed by atoms with Crippen molar-refractivity contribution in [3.8, 4) is 0 Å². The summed E-state index contributed by atoms with van der Waals surface area (Å²) < 4.78 is 20.6. The molecule has 2 aromatic carbocycles. The molecule has 0 saturated carbocycles. The normalized spacial score (nSPS) is 15.6. The van der Waals surface area contributed by atoms with Crippen molar-refractivity contribution in [3.63, 3.8) is 0 Å². The zero-order valence-electron chi connectivity index (χ0n) is 17.6. The van der Waals surface area contributed by atoms with Crippen LogP contribution >= 0.6 is 8.25 Å². The maximum atomic E-state index is 10.4. The summed E-state index contributed by atoms with van der Waals surface area (Å²) in [5.41, 5.74) is 4.32. The Balaban J connectivity index is 1.29. The van der Waals surface area contributed by atoms with Gasteiger partial charge in [0.2, 0.25) is 0 Å². The third kappa shape index (κ3) is 7.26. The van der Waals surface area contributed by atoms with Crippen molar-refractivity contribution >= 4 is 8.25 Å². The summed E-state index contributed by atoms with van der Waals surface area (Å²) in [5, 5.41) is 3.33. The van der Waals surface area contributed by atoms with E-state index in [0.717, 1.165) is 39.1 Å². The van der Waals surface area contributed by atoms with Gasteiger partial charge in [-0.15, -0.1) is 9.42 Å². The highest BCUT2D eigenvalue weighted by molar-refractivity contribution is 7.32. The number of nitrogens with one attached hydrogen (secondary N) is 1. The summed E-state index contributed by atoms with van der Waals surface area (Å²) in [6.45, 7) is 3.59. The average molecular weight is 431 g/mol. The molecule has 0 aromatic heterocycles. The Morgan fingerprint density at radius 2 is 1.70 bits per heavy atom. The lowest BCUT2D eigenvalue weighted by Gasteiger charge is -2.42. The van der Waals surface area contributed by atoms with Gasteiger partial charge in [0.05, 0.1) is 13.2 Å². The Morgan fingerprint density at radius 3 is 2.37 bits per heavy atom. The first-order valence-electron chi connectivity index (χ1n) is 10.9. The van der Waals surface area contributed by atoms with E-state index in [2.05, 4.69) is 64.4 Å². The van der Waals surface area contributed by atoms with Crippen LogP contribution in [0, 0.1) is 0 Å². The second-order valence-electron chi connectivity index (χ2n) is 8.12. The van der Waals surface area contributed by atoms with Gasteiger partial charge < -0.3 is 10.1 Å². The van der Waals surface area contributed by atoms with Gasteiger partial charge in [-0.3, -0.25) is 0 Å². The van der Waals surface area contributed by atoms with Crippen molar-refractivity contribution in [3.05, 3.63) is 71.3 Å². The number of ether oxygens (including phenoxy) is 1. The predicted molar refractivity (Wildman–Crippen MR) is 120 cm³/mol. The van der Waals surface area contributed by atoms with E-state index in [4.69, 9.17) is 9.63 Å². The van der Waals surface area contributed by atoms with Gasteiger partial charge >= 0.3 is 8.25 Å². The predicted octanol–water partition coefficient (Wildman–Crippen LogP) is 4.90. The molecule has 5 nitrogen and oxygen atoms in total. The number of hydrogen-bond acceptors (Lipinski definition) is 4. The second kappa shape index (κ2) is 12.3. The lowest BCUT2D eigenvalue weighted by atomic mass is 9.74. The molecule has 2 aromatic rings. The van der Waals surface area contributed by atoms with Crippen LogP contribution in [-0.2, 0) is 32.2 Å². The zero-order chi connectivity index (χ0) is 21.1. The highest BCUT2D eigenvalue weighted by atomic mass is 31.1. The van der Waals surface area contributed by atoms with Gasteiger partial charge in [-0.05, 0) is 48.9 Å². The number of rotatable bonds is 14. The Morgan fingerprint density at radius 1 is 0.967 bits per heavy atom. The van der Waals surface area contributed by atoms with Gasteiger partial charge in [-0.1, -0.05) is 67.4 Å². The van der Waals surface area contributed by atoms with Crippen molar-refractivity contribution in [2.24, 2.45) is 0 Å². The Kier molecular flexibility index (Phi) is 9.44. The smallest absolute Gasteiger partial charge is 0.379 e. The van der Waals surface area contributed by atoms with E-state index in [-0.39, 0.29) is 5.41 Å². The van der Waals surface area contributed by atoms with Crippen LogP contribution in [0.3, 0.4) is 0 Å². The minimum absolute atomic E-state index is 0.248. The first kappa shape index (κ1) is 23.1. The third-order valence-electron chi connectivity index (χ3n) is 5.82. The summed E-state index contributed by atoms with van der Waals surface area (Å²) in [5.74, 6) is 0. The van der Waals surface area contributed by atoms with Crippen LogP contribution in [0.25, 0.3) is 0 Å². The van der Waals surface area contributed by atoms with Crippen LogP contribution in [-0.4, -0.2) is 31.3 Å². The third-order valence-corrected chi connectivity index (χ3v) is 6.22. The Bertz CT molecular complexity index is 763. The van der Waals surface area contributed by atoms with Gasteiger partial charge in [0.1, 0.15) is 6.61 Å². The van der Waals surface area contributed by atoms with Crippen molar-refractivity contribution in [1.82, 2.24) is 5.32 Å². The zero-order valence-corrected chi connectivity index (χ0v) is 18.5. The van der Waals surface area contributed by atoms with Gasteiger partial charge in [-0.25, -0.2) is 0 Å². The first-order chi connectivity index (χ1) is 14.7. The summed E-state index contributed by atoms with van der Waals surface area (Å²) in [7, 11) is -2.48. The van der Waals surface area contributed by atoms with E-state index >= 15 is 0 Å². The molecule has 3 rings (SSSR count). The van der Waals surface area contributed by atoms with Crippen LogP contribution in [0.4, 0.5) is 0 Å². The monoisotopic (exact) mass is 430 g/mol. The molecular formula is C24H33NO4P+. The van der Waals surface area contributed by atoms with Crippen LogP contribution in [0.2, 0.25) is 0 Å². The fourth-order valence-corrected chi connectivity index (χ4v) is 4.25. The fraction of sp³-hybridized carbons (Fsp3) is 0.500. The van der Waals surface area contributed by atoms with Gasteiger partial charge in [0.15, 0.2) is 0 Å². The molecule has 0 aliphatic carbocycles. The second-order valence-corrected chi connectivity index (χ2v) is 8.85. The number of unbranched alkanes of at least 4 members (excludes halogenated alkanes) is 2. The summed E-state index contributed by atoms with van der Waals surface area (Å²) >= 11 is 0. The Hall–Kier alpha value is -1.62. The molecule has 0 bridgehead atoms. The molecular weight excluding hydrogens is 397 g/mol. The largest absolute Gasteiger partial charge is 0.694 e. The minimum Gasteiger partial charge on any atom is -0.379 e. The molecule has 1 heterocycles. The van der Waals surface area contributed by atoms with Crippen LogP contribution < -0.4 is 5.32 Å².